The molecule has 1 aromatic rings. The van der Waals surface area contributed by atoms with Crippen molar-refractivity contribution >= 4 is 5.95 Å². The van der Waals surface area contributed by atoms with Crippen LogP contribution < -0.4 is 10.6 Å². The van der Waals surface area contributed by atoms with Gasteiger partial charge in [0.05, 0.1) is 0 Å². The Hall–Kier alpha value is -1.16. The lowest BCUT2D eigenvalue weighted by atomic mass is 9.91. The monoisotopic (exact) mass is 220 g/mol. The molecule has 4 heteroatoms. The molecule has 4 nitrogen and oxygen atoms in total. The molecule has 1 aromatic heterocycles. The second-order valence-corrected chi connectivity index (χ2v) is 4.74. The zero-order valence-corrected chi connectivity index (χ0v) is 10.1. The van der Waals surface area contributed by atoms with E-state index >= 15 is 0 Å². The van der Waals surface area contributed by atoms with Crippen LogP contribution in [0.1, 0.15) is 25.3 Å². The Morgan fingerprint density at radius 1 is 1.31 bits per heavy atom. The maximum atomic E-state index is 5.92. The normalized spacial score (nSPS) is 19.8. The summed E-state index contributed by atoms with van der Waals surface area (Å²) < 4.78 is 0. The van der Waals surface area contributed by atoms with Crippen LogP contribution in [0.15, 0.2) is 12.4 Å². The van der Waals surface area contributed by atoms with Crippen LogP contribution in [0, 0.1) is 12.8 Å². The largest absolute Gasteiger partial charge is 0.341 e. The highest BCUT2D eigenvalue weighted by molar-refractivity contribution is 5.30. The van der Waals surface area contributed by atoms with Crippen molar-refractivity contribution in [2.24, 2.45) is 11.7 Å². The van der Waals surface area contributed by atoms with E-state index in [0.29, 0.717) is 12.0 Å². The van der Waals surface area contributed by atoms with Crippen molar-refractivity contribution in [2.75, 3.05) is 18.0 Å². The summed E-state index contributed by atoms with van der Waals surface area (Å²) in [6.07, 6.45) is 6.05. The number of nitrogens with two attached hydrogens (primary N) is 1. The summed E-state index contributed by atoms with van der Waals surface area (Å²) in [5.74, 6) is 1.51. The van der Waals surface area contributed by atoms with Crippen molar-refractivity contribution in [3.05, 3.63) is 18.0 Å². The second kappa shape index (κ2) is 4.78. The molecule has 0 radical (unpaired) electrons. The Labute approximate surface area is 96.9 Å². The predicted octanol–water partition coefficient (Wildman–Crippen LogP) is 1.35. The summed E-state index contributed by atoms with van der Waals surface area (Å²) in [5, 5.41) is 0. The number of nitrogens with zero attached hydrogens (tertiary/aromatic N) is 3. The van der Waals surface area contributed by atoms with Crippen LogP contribution in [0.25, 0.3) is 0 Å². The fourth-order valence-electron chi connectivity index (χ4n) is 2.17. The van der Waals surface area contributed by atoms with Crippen LogP contribution in [0.3, 0.4) is 0 Å². The third-order valence-electron chi connectivity index (χ3n) is 3.33. The van der Waals surface area contributed by atoms with Crippen LogP contribution in [-0.2, 0) is 0 Å². The molecule has 0 saturated carbocycles. The molecule has 1 aliphatic heterocycles. The number of aryl methyl sites for hydroxylation is 1. The van der Waals surface area contributed by atoms with Gasteiger partial charge in [0.1, 0.15) is 0 Å². The first-order chi connectivity index (χ1) is 7.66. The number of hydrogen-bond acceptors (Lipinski definition) is 4. The van der Waals surface area contributed by atoms with Crippen molar-refractivity contribution in [2.45, 2.75) is 32.7 Å². The molecule has 0 bridgehead atoms. The van der Waals surface area contributed by atoms with Gasteiger partial charge in [-0.15, -0.1) is 0 Å². The Morgan fingerprint density at radius 3 is 2.38 bits per heavy atom. The maximum Gasteiger partial charge on any atom is 0.225 e. The average Bonchev–Trinajstić information content (AvgIpc) is 2.30. The summed E-state index contributed by atoms with van der Waals surface area (Å²) >= 11 is 0. The number of rotatable bonds is 2. The van der Waals surface area contributed by atoms with Gasteiger partial charge >= 0.3 is 0 Å². The Kier molecular flexibility index (Phi) is 3.39. The van der Waals surface area contributed by atoms with Crippen molar-refractivity contribution in [1.29, 1.82) is 0 Å². The van der Waals surface area contributed by atoms with Crippen molar-refractivity contribution in [3.8, 4) is 0 Å². The van der Waals surface area contributed by atoms with E-state index in [1.165, 1.54) is 0 Å². The van der Waals surface area contributed by atoms with E-state index in [9.17, 15) is 0 Å². The molecule has 16 heavy (non-hydrogen) atoms. The molecular weight excluding hydrogens is 200 g/mol. The Balaban J connectivity index is 1.96. The highest BCUT2D eigenvalue weighted by Gasteiger charge is 2.22. The summed E-state index contributed by atoms with van der Waals surface area (Å²) in [4.78, 5) is 11.0. The molecule has 2 rings (SSSR count). The van der Waals surface area contributed by atoms with Gasteiger partial charge in [-0.2, -0.15) is 0 Å². The standard InChI is InChI=1S/C12H20N4/c1-9-7-14-12(15-8-9)16-5-3-11(4-6-16)10(2)13/h7-8,10-11H,3-6,13H2,1-2H3. The molecule has 0 spiro atoms. The van der Waals surface area contributed by atoms with Gasteiger partial charge in [0.2, 0.25) is 5.95 Å². The van der Waals surface area contributed by atoms with E-state index in [0.717, 1.165) is 37.4 Å². The molecule has 0 aliphatic carbocycles. The van der Waals surface area contributed by atoms with Crippen LogP contribution in [0.5, 0.6) is 0 Å². The zero-order valence-electron chi connectivity index (χ0n) is 10.1. The molecule has 0 aromatic carbocycles. The molecule has 2 N–H and O–H groups in total. The SMILES string of the molecule is Cc1cnc(N2CCC(C(C)N)CC2)nc1. The van der Waals surface area contributed by atoms with Crippen molar-refractivity contribution in [3.63, 3.8) is 0 Å². The van der Waals surface area contributed by atoms with Crippen molar-refractivity contribution < 1.29 is 0 Å². The minimum Gasteiger partial charge on any atom is -0.341 e. The molecule has 88 valence electrons. The van der Waals surface area contributed by atoms with Gasteiger partial charge in [-0.05, 0) is 38.2 Å². The molecular formula is C12H20N4. The second-order valence-electron chi connectivity index (χ2n) is 4.74. The van der Waals surface area contributed by atoms with Gasteiger partial charge in [-0.3, -0.25) is 0 Å². The van der Waals surface area contributed by atoms with Gasteiger partial charge in [-0.25, -0.2) is 9.97 Å². The minimum absolute atomic E-state index is 0.307. The van der Waals surface area contributed by atoms with Gasteiger partial charge < -0.3 is 10.6 Å². The smallest absolute Gasteiger partial charge is 0.225 e. The van der Waals surface area contributed by atoms with E-state index in [1.54, 1.807) is 0 Å². The predicted molar refractivity (Wildman–Crippen MR) is 65.4 cm³/mol. The van der Waals surface area contributed by atoms with Gasteiger partial charge in [0, 0.05) is 31.5 Å². The Bertz CT molecular complexity index is 325. The topological polar surface area (TPSA) is 55.0 Å². The minimum atomic E-state index is 0.307. The van der Waals surface area contributed by atoms with Gasteiger partial charge in [0.15, 0.2) is 0 Å². The quantitative estimate of drug-likeness (QED) is 0.817. The molecule has 1 aliphatic rings. The number of hydrogen-bond donors (Lipinski definition) is 1. The molecule has 1 atom stereocenters. The summed E-state index contributed by atoms with van der Waals surface area (Å²) in [7, 11) is 0. The Morgan fingerprint density at radius 2 is 1.88 bits per heavy atom. The third-order valence-corrected chi connectivity index (χ3v) is 3.33. The fourth-order valence-corrected chi connectivity index (χ4v) is 2.17. The van der Waals surface area contributed by atoms with E-state index in [-0.39, 0.29) is 0 Å². The first kappa shape index (κ1) is 11.3. The van der Waals surface area contributed by atoms with Crippen LogP contribution >= 0.6 is 0 Å². The number of piperidine rings is 1. The molecule has 2 heterocycles. The molecule has 1 unspecified atom stereocenters. The zero-order chi connectivity index (χ0) is 11.5. The lowest BCUT2D eigenvalue weighted by Crippen LogP contribution is -2.40. The van der Waals surface area contributed by atoms with Crippen LogP contribution in [0.2, 0.25) is 0 Å². The van der Waals surface area contributed by atoms with E-state index in [2.05, 4.69) is 21.8 Å². The lowest BCUT2D eigenvalue weighted by molar-refractivity contribution is 0.352. The highest BCUT2D eigenvalue weighted by atomic mass is 15.2. The van der Waals surface area contributed by atoms with Crippen LogP contribution in [-0.4, -0.2) is 29.1 Å². The third kappa shape index (κ3) is 2.50. The fraction of sp³-hybridized carbons (Fsp3) is 0.667. The van der Waals surface area contributed by atoms with Crippen molar-refractivity contribution in [1.82, 2.24) is 9.97 Å². The average molecular weight is 220 g/mol. The van der Waals surface area contributed by atoms with E-state index in [1.807, 2.05) is 19.3 Å². The summed E-state index contributed by atoms with van der Waals surface area (Å²) in [6.45, 7) is 6.15. The molecule has 0 amide bonds. The highest BCUT2D eigenvalue weighted by Crippen LogP contribution is 2.22. The number of aromatic nitrogens is 2. The lowest BCUT2D eigenvalue weighted by Gasteiger charge is -2.33. The van der Waals surface area contributed by atoms with E-state index in [4.69, 9.17) is 5.73 Å². The molecule has 1 fully saturated rings. The van der Waals surface area contributed by atoms with Gasteiger partial charge in [0.25, 0.3) is 0 Å². The summed E-state index contributed by atoms with van der Waals surface area (Å²) in [6, 6.07) is 0.307. The summed E-state index contributed by atoms with van der Waals surface area (Å²) in [5.41, 5.74) is 7.03. The van der Waals surface area contributed by atoms with E-state index < -0.39 is 0 Å². The maximum absolute atomic E-state index is 5.92. The first-order valence-corrected chi connectivity index (χ1v) is 5.96. The first-order valence-electron chi connectivity index (χ1n) is 5.96. The molecule has 1 saturated heterocycles. The van der Waals surface area contributed by atoms with Gasteiger partial charge in [-0.1, -0.05) is 0 Å². The van der Waals surface area contributed by atoms with Crippen LogP contribution in [0.4, 0.5) is 5.95 Å². The number of anilines is 1.